The van der Waals surface area contributed by atoms with Crippen molar-refractivity contribution in [2.75, 3.05) is 6.61 Å². The van der Waals surface area contributed by atoms with Crippen LogP contribution in [0.2, 0.25) is 0 Å². The Hall–Kier alpha value is -3.75. The first-order valence-electron chi connectivity index (χ1n) is 9.95. The first-order chi connectivity index (χ1) is 14.5. The van der Waals surface area contributed by atoms with Gasteiger partial charge in [-0.25, -0.2) is 4.79 Å². The van der Waals surface area contributed by atoms with E-state index in [2.05, 4.69) is 61.8 Å². The Bertz CT molecular complexity index is 1180. The fourth-order valence-corrected chi connectivity index (χ4v) is 2.91. The lowest BCUT2D eigenvalue weighted by Gasteiger charge is -2.04. The first-order valence-corrected chi connectivity index (χ1v) is 9.95. The molecule has 3 rings (SSSR count). The van der Waals surface area contributed by atoms with Crippen LogP contribution in [0.1, 0.15) is 56.2 Å². The van der Waals surface area contributed by atoms with Crippen LogP contribution in [0.3, 0.4) is 0 Å². The molecule has 0 aliphatic carbocycles. The number of aryl methyl sites for hydroxylation is 3. The minimum absolute atomic E-state index is 0.314. The number of carbonyl (C=O) groups is 1. The smallest absolute Gasteiger partial charge is 0.338 e. The van der Waals surface area contributed by atoms with E-state index in [0.29, 0.717) is 12.2 Å². The maximum Gasteiger partial charge on any atom is 0.338 e. The zero-order valence-corrected chi connectivity index (χ0v) is 17.8. The molecule has 0 radical (unpaired) electrons. The van der Waals surface area contributed by atoms with Crippen molar-refractivity contribution >= 4 is 5.97 Å². The molecule has 0 saturated heterocycles. The van der Waals surface area contributed by atoms with Gasteiger partial charge in [0.15, 0.2) is 0 Å². The molecular weight excluding hydrogens is 368 g/mol. The number of carbonyl (C=O) groups excluding carboxylic acids is 1. The minimum atomic E-state index is -0.314. The van der Waals surface area contributed by atoms with Crippen molar-refractivity contribution in [2.24, 2.45) is 0 Å². The molecular formula is C28H24O2. The lowest BCUT2D eigenvalue weighted by Crippen LogP contribution is -2.04. The number of rotatable bonds is 2. The van der Waals surface area contributed by atoms with Crippen LogP contribution in [0.4, 0.5) is 0 Å². The molecule has 0 N–H and O–H groups in total. The van der Waals surface area contributed by atoms with Gasteiger partial charge in [-0.3, -0.25) is 0 Å². The number of hydrogen-bond donors (Lipinski definition) is 0. The highest BCUT2D eigenvalue weighted by Gasteiger charge is 2.05. The maximum atomic E-state index is 11.7. The molecule has 0 aromatic heterocycles. The van der Waals surface area contributed by atoms with Crippen LogP contribution in [-0.4, -0.2) is 12.6 Å². The lowest BCUT2D eigenvalue weighted by molar-refractivity contribution is 0.0526. The highest BCUT2D eigenvalue weighted by atomic mass is 16.5. The molecule has 0 atom stereocenters. The van der Waals surface area contributed by atoms with Crippen LogP contribution in [0.15, 0.2) is 60.7 Å². The molecule has 0 aliphatic heterocycles. The van der Waals surface area contributed by atoms with Crippen molar-refractivity contribution in [3.05, 3.63) is 105 Å². The van der Waals surface area contributed by atoms with Gasteiger partial charge in [0.2, 0.25) is 0 Å². The van der Waals surface area contributed by atoms with E-state index < -0.39 is 0 Å². The van der Waals surface area contributed by atoms with Crippen molar-refractivity contribution < 1.29 is 9.53 Å². The maximum absolute atomic E-state index is 11.7. The van der Waals surface area contributed by atoms with E-state index in [0.717, 1.165) is 33.4 Å². The summed E-state index contributed by atoms with van der Waals surface area (Å²) in [5.41, 5.74) is 7.79. The molecule has 0 saturated carbocycles. The summed E-state index contributed by atoms with van der Waals surface area (Å²) in [5.74, 6) is 12.6. The fraction of sp³-hybridized carbons (Fsp3) is 0.179. The normalized spacial score (nSPS) is 9.73. The molecule has 0 bridgehead atoms. The lowest BCUT2D eigenvalue weighted by atomic mass is 9.99. The predicted molar refractivity (Wildman–Crippen MR) is 121 cm³/mol. The number of hydrogen-bond acceptors (Lipinski definition) is 2. The molecule has 0 amide bonds. The summed E-state index contributed by atoms with van der Waals surface area (Å²) in [4.78, 5) is 11.7. The quantitative estimate of drug-likeness (QED) is 0.420. The zero-order valence-electron chi connectivity index (χ0n) is 17.8. The van der Waals surface area contributed by atoms with Gasteiger partial charge in [0, 0.05) is 22.3 Å². The van der Waals surface area contributed by atoms with Crippen LogP contribution < -0.4 is 0 Å². The van der Waals surface area contributed by atoms with Crippen LogP contribution >= 0.6 is 0 Å². The fourth-order valence-electron chi connectivity index (χ4n) is 2.91. The predicted octanol–water partition coefficient (Wildman–Crippen LogP) is 5.59. The van der Waals surface area contributed by atoms with E-state index >= 15 is 0 Å². The summed E-state index contributed by atoms with van der Waals surface area (Å²) in [5, 5.41) is 0. The molecule has 2 nitrogen and oxygen atoms in total. The Morgan fingerprint density at radius 3 is 1.67 bits per heavy atom. The highest BCUT2D eigenvalue weighted by Crippen LogP contribution is 2.15. The van der Waals surface area contributed by atoms with Crippen molar-refractivity contribution in [2.45, 2.75) is 27.7 Å². The third kappa shape index (κ3) is 5.40. The molecule has 0 unspecified atom stereocenters. The van der Waals surface area contributed by atoms with Gasteiger partial charge >= 0.3 is 5.97 Å². The summed E-state index contributed by atoms with van der Waals surface area (Å²) in [6, 6.07) is 19.5. The Kier molecular flexibility index (Phi) is 6.74. The van der Waals surface area contributed by atoms with Crippen molar-refractivity contribution in [3.63, 3.8) is 0 Å². The molecule has 0 heterocycles. The van der Waals surface area contributed by atoms with Gasteiger partial charge in [-0.2, -0.15) is 0 Å². The third-order valence-corrected chi connectivity index (χ3v) is 4.70. The number of esters is 1. The van der Waals surface area contributed by atoms with Gasteiger partial charge in [0.05, 0.1) is 12.2 Å². The minimum Gasteiger partial charge on any atom is -0.462 e. The van der Waals surface area contributed by atoms with Crippen LogP contribution in [0.25, 0.3) is 0 Å². The van der Waals surface area contributed by atoms with Crippen molar-refractivity contribution in [3.8, 4) is 23.7 Å². The van der Waals surface area contributed by atoms with Crippen LogP contribution in [0, 0.1) is 44.5 Å². The molecule has 0 aliphatic rings. The van der Waals surface area contributed by atoms with Gasteiger partial charge in [-0.05, 0) is 87.4 Å². The summed E-state index contributed by atoms with van der Waals surface area (Å²) >= 11 is 0. The first kappa shape index (κ1) is 21.0. The van der Waals surface area contributed by atoms with Crippen molar-refractivity contribution in [1.29, 1.82) is 0 Å². The summed E-state index contributed by atoms with van der Waals surface area (Å²) < 4.78 is 5.00. The van der Waals surface area contributed by atoms with Gasteiger partial charge in [-0.15, -0.1) is 0 Å². The molecule has 148 valence electrons. The van der Waals surface area contributed by atoms with Crippen LogP contribution in [-0.2, 0) is 4.74 Å². The summed E-state index contributed by atoms with van der Waals surface area (Å²) in [7, 11) is 0. The van der Waals surface area contributed by atoms with Gasteiger partial charge < -0.3 is 4.74 Å². The number of ether oxygens (including phenoxy) is 1. The van der Waals surface area contributed by atoms with E-state index in [1.165, 1.54) is 5.56 Å². The molecule has 0 spiro atoms. The van der Waals surface area contributed by atoms with Gasteiger partial charge in [-0.1, -0.05) is 41.4 Å². The average Bonchev–Trinajstić information content (AvgIpc) is 2.74. The standard InChI is InChI=1S/C28H24O2/c1-5-30-28(29)25-14-10-24(11-15-25)13-17-27-19-21(3)26(18-22(27)4)16-12-23-8-6-20(2)7-9-23/h6-11,14-15,18-19H,5H2,1-4H3. The van der Waals surface area contributed by atoms with Gasteiger partial charge in [0.1, 0.15) is 0 Å². The molecule has 2 heteroatoms. The monoisotopic (exact) mass is 392 g/mol. The zero-order chi connectivity index (χ0) is 21.5. The second-order valence-corrected chi connectivity index (χ2v) is 7.15. The summed E-state index contributed by atoms with van der Waals surface area (Å²) in [6.45, 7) is 8.33. The summed E-state index contributed by atoms with van der Waals surface area (Å²) in [6.07, 6.45) is 0. The Morgan fingerprint density at radius 2 is 1.20 bits per heavy atom. The second kappa shape index (κ2) is 9.64. The Morgan fingerprint density at radius 1 is 0.733 bits per heavy atom. The molecule has 0 fully saturated rings. The third-order valence-electron chi connectivity index (χ3n) is 4.70. The molecule has 3 aromatic rings. The molecule has 3 aromatic carbocycles. The van der Waals surface area contributed by atoms with E-state index in [1.54, 1.807) is 19.1 Å². The Balaban J connectivity index is 1.80. The van der Waals surface area contributed by atoms with E-state index in [1.807, 2.05) is 31.2 Å². The van der Waals surface area contributed by atoms with Crippen molar-refractivity contribution in [1.82, 2.24) is 0 Å². The molecule has 30 heavy (non-hydrogen) atoms. The topological polar surface area (TPSA) is 26.3 Å². The average molecular weight is 392 g/mol. The SMILES string of the molecule is CCOC(=O)c1ccc(C#Cc2cc(C)c(C#Cc3ccc(C)cc3)cc2C)cc1. The number of benzene rings is 3. The highest BCUT2D eigenvalue weighted by molar-refractivity contribution is 5.89. The van der Waals surface area contributed by atoms with E-state index in [4.69, 9.17) is 4.74 Å². The van der Waals surface area contributed by atoms with E-state index in [9.17, 15) is 4.79 Å². The van der Waals surface area contributed by atoms with Crippen LogP contribution in [0.5, 0.6) is 0 Å². The largest absolute Gasteiger partial charge is 0.462 e. The van der Waals surface area contributed by atoms with Gasteiger partial charge in [0.25, 0.3) is 0 Å². The second-order valence-electron chi connectivity index (χ2n) is 7.15. The Labute approximate surface area is 178 Å². The van der Waals surface area contributed by atoms with E-state index in [-0.39, 0.29) is 5.97 Å².